The minimum absolute atomic E-state index is 0.661. The molecule has 0 aliphatic heterocycles. The van der Waals surface area contributed by atoms with E-state index in [2.05, 4.69) is 27.7 Å². The zero-order valence-electron chi connectivity index (χ0n) is 17.0. The van der Waals surface area contributed by atoms with Gasteiger partial charge in [-0.05, 0) is 56.4 Å². The predicted octanol–water partition coefficient (Wildman–Crippen LogP) is 7.48. The van der Waals surface area contributed by atoms with Crippen LogP contribution in [-0.4, -0.2) is 6.54 Å². The van der Waals surface area contributed by atoms with Crippen molar-refractivity contribution in [3.8, 4) is 0 Å². The van der Waals surface area contributed by atoms with Crippen LogP contribution in [0.1, 0.15) is 124 Å². The van der Waals surface area contributed by atoms with Gasteiger partial charge in [0, 0.05) is 0 Å². The van der Waals surface area contributed by atoms with Gasteiger partial charge in [0.2, 0.25) is 0 Å². The molecule has 1 unspecified atom stereocenters. The lowest BCUT2D eigenvalue weighted by molar-refractivity contribution is 0.171. The van der Waals surface area contributed by atoms with Crippen molar-refractivity contribution in [2.45, 2.75) is 124 Å². The maximum absolute atomic E-state index is 5.69. The van der Waals surface area contributed by atoms with Gasteiger partial charge in [-0.2, -0.15) is 0 Å². The molecular weight excluding hydrogens is 278 g/mol. The van der Waals surface area contributed by atoms with E-state index in [0.29, 0.717) is 5.41 Å². The molecule has 0 spiro atoms. The van der Waals surface area contributed by atoms with Gasteiger partial charge in [-0.1, -0.05) is 85.5 Å². The van der Waals surface area contributed by atoms with E-state index in [1.165, 1.54) is 96.3 Å². The second-order valence-corrected chi connectivity index (χ2v) is 7.91. The number of hydrogen-bond donors (Lipinski definition) is 1. The highest BCUT2D eigenvalue weighted by molar-refractivity contribution is 4.80. The maximum atomic E-state index is 5.69. The summed E-state index contributed by atoms with van der Waals surface area (Å²) in [6, 6.07) is 0. The molecule has 1 atom stereocenters. The molecule has 0 fully saturated rings. The maximum Gasteiger partial charge on any atom is -0.00772 e. The largest absolute Gasteiger partial charge is 0.330 e. The van der Waals surface area contributed by atoms with Gasteiger partial charge in [0.15, 0.2) is 0 Å². The first-order valence-electron chi connectivity index (χ1n) is 10.9. The van der Waals surface area contributed by atoms with E-state index in [1.54, 1.807) is 0 Å². The average molecular weight is 326 g/mol. The van der Waals surface area contributed by atoms with Crippen LogP contribution in [0.4, 0.5) is 0 Å². The second-order valence-electron chi connectivity index (χ2n) is 7.91. The molecule has 0 aromatic rings. The Bertz CT molecular complexity index is 214. The Hall–Kier alpha value is -0.0400. The van der Waals surface area contributed by atoms with Crippen molar-refractivity contribution >= 4 is 0 Å². The molecule has 23 heavy (non-hydrogen) atoms. The lowest BCUT2D eigenvalue weighted by Crippen LogP contribution is -2.22. The SMILES string of the molecule is CCCCC(CCCC)(CCCC)CCCC(CC)CCCN. The van der Waals surface area contributed by atoms with Crippen molar-refractivity contribution in [3.05, 3.63) is 0 Å². The summed E-state index contributed by atoms with van der Waals surface area (Å²) in [6.45, 7) is 10.3. The van der Waals surface area contributed by atoms with Crippen LogP contribution in [0, 0.1) is 11.3 Å². The fraction of sp³-hybridized carbons (Fsp3) is 1.00. The highest BCUT2D eigenvalue weighted by Gasteiger charge is 2.28. The molecule has 0 amide bonds. The smallest absolute Gasteiger partial charge is 0.00772 e. The Kier molecular flexibility index (Phi) is 15.5. The summed E-state index contributed by atoms with van der Waals surface area (Å²) in [6.07, 6.45) is 21.0. The minimum atomic E-state index is 0.661. The fourth-order valence-electron chi connectivity index (χ4n) is 4.13. The Morgan fingerprint density at radius 3 is 1.48 bits per heavy atom. The Morgan fingerprint density at radius 2 is 1.09 bits per heavy atom. The highest BCUT2D eigenvalue weighted by atomic mass is 14.5. The molecule has 0 radical (unpaired) electrons. The number of nitrogens with two attached hydrogens (primary N) is 1. The van der Waals surface area contributed by atoms with Crippen LogP contribution in [0.25, 0.3) is 0 Å². The number of hydrogen-bond acceptors (Lipinski definition) is 1. The van der Waals surface area contributed by atoms with Crippen LogP contribution in [0.2, 0.25) is 0 Å². The van der Waals surface area contributed by atoms with Crippen LogP contribution in [0.5, 0.6) is 0 Å². The molecule has 140 valence electrons. The molecule has 1 nitrogen and oxygen atoms in total. The molecule has 0 saturated carbocycles. The van der Waals surface area contributed by atoms with E-state index in [-0.39, 0.29) is 0 Å². The van der Waals surface area contributed by atoms with Gasteiger partial charge >= 0.3 is 0 Å². The van der Waals surface area contributed by atoms with Gasteiger partial charge < -0.3 is 5.73 Å². The standard InChI is InChI=1S/C22H47N/c1-5-9-16-22(17-10-6-2,18-11-7-3)19-12-14-21(8-4)15-13-20-23/h21H,5-20,23H2,1-4H3. The molecule has 0 aliphatic carbocycles. The average Bonchev–Trinajstić information content (AvgIpc) is 2.58. The van der Waals surface area contributed by atoms with Crippen LogP contribution in [0.3, 0.4) is 0 Å². The predicted molar refractivity (Wildman–Crippen MR) is 107 cm³/mol. The van der Waals surface area contributed by atoms with Gasteiger partial charge in [-0.25, -0.2) is 0 Å². The number of rotatable bonds is 17. The van der Waals surface area contributed by atoms with Crippen molar-refractivity contribution in [2.24, 2.45) is 17.1 Å². The van der Waals surface area contributed by atoms with E-state index < -0.39 is 0 Å². The molecule has 0 rings (SSSR count). The molecular formula is C22H47N. The van der Waals surface area contributed by atoms with Gasteiger partial charge in [-0.3, -0.25) is 0 Å². The molecule has 0 bridgehead atoms. The molecule has 1 heteroatoms. The summed E-state index contributed by atoms with van der Waals surface area (Å²) in [5.74, 6) is 0.916. The van der Waals surface area contributed by atoms with Crippen LogP contribution >= 0.6 is 0 Å². The second kappa shape index (κ2) is 15.5. The zero-order valence-corrected chi connectivity index (χ0v) is 17.0. The third-order valence-electron chi connectivity index (χ3n) is 5.90. The molecule has 0 aromatic heterocycles. The van der Waals surface area contributed by atoms with Crippen molar-refractivity contribution < 1.29 is 0 Å². The van der Waals surface area contributed by atoms with Gasteiger partial charge in [0.05, 0.1) is 0 Å². The fourth-order valence-corrected chi connectivity index (χ4v) is 4.13. The topological polar surface area (TPSA) is 26.0 Å². The summed E-state index contributed by atoms with van der Waals surface area (Å²) >= 11 is 0. The van der Waals surface area contributed by atoms with E-state index >= 15 is 0 Å². The summed E-state index contributed by atoms with van der Waals surface area (Å²) < 4.78 is 0. The van der Waals surface area contributed by atoms with E-state index in [4.69, 9.17) is 5.73 Å². The van der Waals surface area contributed by atoms with Gasteiger partial charge in [0.1, 0.15) is 0 Å². The summed E-state index contributed by atoms with van der Waals surface area (Å²) in [5, 5.41) is 0. The third-order valence-corrected chi connectivity index (χ3v) is 5.90. The summed E-state index contributed by atoms with van der Waals surface area (Å²) in [7, 11) is 0. The van der Waals surface area contributed by atoms with Crippen LogP contribution < -0.4 is 5.73 Å². The minimum Gasteiger partial charge on any atom is -0.330 e. The zero-order chi connectivity index (χ0) is 17.4. The first-order valence-corrected chi connectivity index (χ1v) is 10.9. The van der Waals surface area contributed by atoms with Crippen LogP contribution in [-0.2, 0) is 0 Å². The number of unbranched alkanes of at least 4 members (excludes halogenated alkanes) is 3. The first kappa shape index (κ1) is 23.0. The van der Waals surface area contributed by atoms with E-state index in [0.717, 1.165) is 12.5 Å². The van der Waals surface area contributed by atoms with E-state index in [9.17, 15) is 0 Å². The highest BCUT2D eigenvalue weighted by Crippen LogP contribution is 2.41. The Morgan fingerprint density at radius 1 is 0.652 bits per heavy atom. The first-order chi connectivity index (χ1) is 11.2. The normalized spacial score (nSPS) is 13.4. The van der Waals surface area contributed by atoms with Crippen molar-refractivity contribution in [2.75, 3.05) is 6.54 Å². The van der Waals surface area contributed by atoms with Crippen molar-refractivity contribution in [3.63, 3.8) is 0 Å². The molecule has 0 saturated heterocycles. The molecule has 0 aromatic carbocycles. The molecule has 2 N–H and O–H groups in total. The summed E-state index contributed by atoms with van der Waals surface area (Å²) in [4.78, 5) is 0. The lowest BCUT2D eigenvalue weighted by atomic mass is 9.70. The third kappa shape index (κ3) is 11.2. The van der Waals surface area contributed by atoms with Crippen molar-refractivity contribution in [1.82, 2.24) is 0 Å². The quantitative estimate of drug-likeness (QED) is 0.295. The monoisotopic (exact) mass is 325 g/mol. The Labute approximate surface area is 148 Å². The lowest BCUT2D eigenvalue weighted by Gasteiger charge is -2.35. The molecule has 0 heterocycles. The van der Waals surface area contributed by atoms with Crippen molar-refractivity contribution in [1.29, 1.82) is 0 Å². The summed E-state index contributed by atoms with van der Waals surface area (Å²) in [5.41, 5.74) is 6.35. The van der Waals surface area contributed by atoms with E-state index in [1.807, 2.05) is 0 Å². The van der Waals surface area contributed by atoms with Crippen LogP contribution in [0.15, 0.2) is 0 Å². The van der Waals surface area contributed by atoms with Gasteiger partial charge in [0.25, 0.3) is 0 Å². The molecule has 0 aliphatic rings. The van der Waals surface area contributed by atoms with Gasteiger partial charge in [-0.15, -0.1) is 0 Å². The Balaban J connectivity index is 4.54.